The largest absolute Gasteiger partial charge is 0.480 e. The minimum atomic E-state index is -1.08. The van der Waals surface area contributed by atoms with Gasteiger partial charge in [0.05, 0.1) is 21.2 Å². The lowest BCUT2D eigenvalue weighted by molar-refractivity contribution is -0.139. The van der Waals surface area contributed by atoms with Gasteiger partial charge in [-0.3, -0.25) is 4.79 Å². The predicted molar refractivity (Wildman–Crippen MR) is 80.9 cm³/mol. The van der Waals surface area contributed by atoms with Gasteiger partial charge in [-0.25, -0.2) is 10.2 Å². The number of halogens is 2. The zero-order valence-corrected chi connectivity index (χ0v) is 13.6. The predicted octanol–water partition coefficient (Wildman–Crippen LogP) is 2.04. The highest BCUT2D eigenvalue weighted by Crippen LogP contribution is 2.34. The molecule has 0 saturated heterocycles. The molecular weight excluding hydrogens is 410 g/mol. The molecule has 1 aromatic rings. The first-order valence-corrected chi connectivity index (χ1v) is 7.05. The summed E-state index contributed by atoms with van der Waals surface area (Å²) in [7, 11) is 0. The van der Waals surface area contributed by atoms with Gasteiger partial charge in [0, 0.05) is 0 Å². The van der Waals surface area contributed by atoms with E-state index in [-0.39, 0.29) is 6.42 Å². The number of carbonyl (C=O) groups excluding carboxylic acids is 1. The molecule has 2 N–H and O–H groups in total. The van der Waals surface area contributed by atoms with Gasteiger partial charge < -0.3 is 9.84 Å². The van der Waals surface area contributed by atoms with Crippen molar-refractivity contribution in [3.63, 3.8) is 0 Å². The highest BCUT2D eigenvalue weighted by atomic mass is 79.9. The summed E-state index contributed by atoms with van der Waals surface area (Å²) < 4.78 is 6.18. The van der Waals surface area contributed by atoms with Gasteiger partial charge in [0.25, 0.3) is 5.91 Å². The normalized spacial score (nSPS) is 10.1. The first kappa shape index (κ1) is 17.1. The molecular formula is C12H9Br2N3O4. The number of ether oxygens (including phenoxy) is 1. The SMILES string of the molecule is N#CCC(=O)NN=Cc1cc(Br)c(OCC(=O)O)c(Br)c1. The van der Waals surface area contributed by atoms with Gasteiger partial charge >= 0.3 is 5.97 Å². The van der Waals surface area contributed by atoms with Gasteiger partial charge in [0.15, 0.2) is 6.61 Å². The van der Waals surface area contributed by atoms with Crippen molar-refractivity contribution in [3.05, 3.63) is 26.6 Å². The van der Waals surface area contributed by atoms with Crippen molar-refractivity contribution < 1.29 is 19.4 Å². The van der Waals surface area contributed by atoms with Crippen molar-refractivity contribution in [2.45, 2.75) is 6.42 Å². The summed E-state index contributed by atoms with van der Waals surface area (Å²) in [6, 6.07) is 4.98. The van der Waals surface area contributed by atoms with E-state index in [9.17, 15) is 9.59 Å². The zero-order chi connectivity index (χ0) is 15.8. The lowest BCUT2D eigenvalue weighted by Crippen LogP contribution is -2.16. The number of nitriles is 1. The Morgan fingerprint density at radius 1 is 1.43 bits per heavy atom. The van der Waals surface area contributed by atoms with Crippen LogP contribution in [-0.2, 0) is 9.59 Å². The molecule has 0 aromatic heterocycles. The van der Waals surface area contributed by atoms with Crippen LogP contribution in [0.15, 0.2) is 26.2 Å². The van der Waals surface area contributed by atoms with Crippen LogP contribution in [0.25, 0.3) is 0 Å². The van der Waals surface area contributed by atoms with Crippen LogP contribution in [0.5, 0.6) is 5.75 Å². The Morgan fingerprint density at radius 3 is 2.57 bits per heavy atom. The van der Waals surface area contributed by atoms with Gasteiger partial charge in [-0.05, 0) is 49.6 Å². The molecule has 110 valence electrons. The van der Waals surface area contributed by atoms with Crippen LogP contribution in [-0.4, -0.2) is 29.8 Å². The monoisotopic (exact) mass is 417 g/mol. The van der Waals surface area contributed by atoms with E-state index in [1.54, 1.807) is 18.2 Å². The van der Waals surface area contributed by atoms with Gasteiger partial charge in [0.1, 0.15) is 12.2 Å². The maximum atomic E-state index is 11.0. The summed E-state index contributed by atoms with van der Waals surface area (Å²) in [6.45, 7) is -0.463. The van der Waals surface area contributed by atoms with Gasteiger partial charge in [-0.2, -0.15) is 10.4 Å². The molecule has 0 saturated carbocycles. The van der Waals surface area contributed by atoms with Crippen LogP contribution < -0.4 is 10.2 Å². The molecule has 0 bridgehead atoms. The number of aliphatic carboxylic acids is 1. The Hall–Kier alpha value is -1.92. The molecule has 1 amide bonds. The van der Waals surface area contributed by atoms with E-state index >= 15 is 0 Å². The van der Waals surface area contributed by atoms with Gasteiger partial charge in [-0.15, -0.1) is 0 Å². The number of hydrazone groups is 1. The number of nitrogens with one attached hydrogen (secondary N) is 1. The molecule has 0 heterocycles. The number of nitrogens with zero attached hydrogens (tertiary/aromatic N) is 2. The Bertz CT molecular complexity index is 602. The number of rotatable bonds is 6. The standard InChI is InChI=1S/C12H9Br2N3O4/c13-8-3-7(5-16-17-10(18)1-2-15)4-9(14)12(8)21-6-11(19)20/h3-5H,1,6H2,(H,17,18)(H,19,20). The molecule has 0 spiro atoms. The maximum Gasteiger partial charge on any atom is 0.341 e. The maximum absolute atomic E-state index is 11.0. The third-order valence-electron chi connectivity index (χ3n) is 2.00. The quantitative estimate of drug-likeness (QED) is 0.542. The smallest absolute Gasteiger partial charge is 0.341 e. The molecule has 0 aliphatic heterocycles. The second-order valence-electron chi connectivity index (χ2n) is 3.62. The van der Waals surface area contributed by atoms with E-state index in [4.69, 9.17) is 15.1 Å². The fraction of sp³-hybridized carbons (Fsp3) is 0.167. The number of carbonyl (C=O) groups is 2. The van der Waals surface area contributed by atoms with Gasteiger partial charge in [-0.1, -0.05) is 0 Å². The molecule has 9 heteroatoms. The third kappa shape index (κ3) is 5.93. The lowest BCUT2D eigenvalue weighted by atomic mass is 10.2. The summed E-state index contributed by atoms with van der Waals surface area (Å²) >= 11 is 6.51. The van der Waals surface area contributed by atoms with Crippen molar-refractivity contribution in [3.8, 4) is 11.8 Å². The molecule has 1 aromatic carbocycles. The van der Waals surface area contributed by atoms with E-state index in [0.717, 1.165) is 0 Å². The second-order valence-corrected chi connectivity index (χ2v) is 5.33. The molecule has 0 aliphatic rings. The molecule has 7 nitrogen and oxygen atoms in total. The summed E-state index contributed by atoms with van der Waals surface area (Å²) in [5, 5.41) is 20.6. The molecule has 0 atom stereocenters. The molecule has 0 unspecified atom stereocenters. The highest BCUT2D eigenvalue weighted by Gasteiger charge is 2.10. The van der Waals surface area contributed by atoms with Crippen molar-refractivity contribution >= 4 is 50.0 Å². The van der Waals surface area contributed by atoms with Crippen LogP contribution >= 0.6 is 31.9 Å². The number of carboxylic acid groups (broad SMARTS) is 1. The Labute approximate surface area is 136 Å². The van der Waals surface area contributed by atoms with E-state index < -0.39 is 18.5 Å². The molecule has 21 heavy (non-hydrogen) atoms. The molecule has 0 radical (unpaired) electrons. The highest BCUT2D eigenvalue weighted by molar-refractivity contribution is 9.11. The first-order valence-electron chi connectivity index (χ1n) is 5.46. The van der Waals surface area contributed by atoms with E-state index in [2.05, 4.69) is 42.4 Å². The molecule has 1 rings (SSSR count). The minimum absolute atomic E-state index is 0.271. The summed E-state index contributed by atoms with van der Waals surface area (Å²) in [5.74, 6) is -1.24. The molecule has 0 aliphatic carbocycles. The number of carboxylic acids is 1. The average Bonchev–Trinajstić information content (AvgIpc) is 2.37. The lowest BCUT2D eigenvalue weighted by Gasteiger charge is -2.09. The minimum Gasteiger partial charge on any atom is -0.480 e. The number of amides is 1. The second kappa shape index (κ2) is 8.39. The van der Waals surface area contributed by atoms with E-state index in [1.165, 1.54) is 6.21 Å². The van der Waals surface area contributed by atoms with Crippen molar-refractivity contribution in [2.24, 2.45) is 5.10 Å². The fourth-order valence-corrected chi connectivity index (χ4v) is 2.67. The van der Waals surface area contributed by atoms with Crippen LogP contribution in [0.2, 0.25) is 0 Å². The third-order valence-corrected chi connectivity index (χ3v) is 3.18. The summed E-state index contributed by atoms with van der Waals surface area (Å²) in [5.41, 5.74) is 2.83. The molecule has 0 fully saturated rings. The van der Waals surface area contributed by atoms with Crippen molar-refractivity contribution in [1.29, 1.82) is 5.26 Å². The van der Waals surface area contributed by atoms with Gasteiger partial charge in [0.2, 0.25) is 0 Å². The zero-order valence-electron chi connectivity index (χ0n) is 10.5. The van der Waals surface area contributed by atoms with Crippen molar-refractivity contribution in [1.82, 2.24) is 5.43 Å². The summed E-state index contributed by atoms with van der Waals surface area (Å²) in [4.78, 5) is 21.5. The van der Waals surface area contributed by atoms with Crippen LogP contribution in [0, 0.1) is 11.3 Å². The fourth-order valence-electron chi connectivity index (χ4n) is 1.22. The summed E-state index contributed by atoms with van der Waals surface area (Å²) in [6.07, 6.45) is 1.11. The van der Waals surface area contributed by atoms with E-state index in [0.29, 0.717) is 20.3 Å². The Balaban J connectivity index is 2.79. The Kier molecular flexibility index (Phi) is 6.84. The number of hydrogen-bond donors (Lipinski definition) is 2. The average molecular weight is 419 g/mol. The van der Waals surface area contributed by atoms with Crippen LogP contribution in [0.3, 0.4) is 0 Å². The number of hydrogen-bond acceptors (Lipinski definition) is 5. The first-order chi connectivity index (χ1) is 9.93. The van der Waals surface area contributed by atoms with Crippen LogP contribution in [0.1, 0.15) is 12.0 Å². The Morgan fingerprint density at radius 2 is 2.05 bits per heavy atom. The number of benzene rings is 1. The van der Waals surface area contributed by atoms with E-state index in [1.807, 2.05) is 0 Å². The van der Waals surface area contributed by atoms with Crippen LogP contribution in [0.4, 0.5) is 0 Å². The van der Waals surface area contributed by atoms with Crippen molar-refractivity contribution in [2.75, 3.05) is 6.61 Å². The topological polar surface area (TPSA) is 112 Å².